The second-order valence-corrected chi connectivity index (χ2v) is 8.41. The number of nitrogens with zero attached hydrogens (tertiary/aromatic N) is 1. The molecule has 0 saturated carbocycles. The maximum Gasteiger partial charge on any atom is 0.232 e. The van der Waals surface area contributed by atoms with Crippen molar-refractivity contribution in [2.24, 2.45) is 0 Å². The zero-order valence-corrected chi connectivity index (χ0v) is 16.5. The topological polar surface area (TPSA) is 66.5 Å². The zero-order valence-electron chi connectivity index (χ0n) is 14.9. The highest BCUT2D eigenvalue weighted by atomic mass is 35.5. The van der Waals surface area contributed by atoms with Gasteiger partial charge >= 0.3 is 0 Å². The van der Waals surface area contributed by atoms with Gasteiger partial charge < -0.3 is 5.32 Å². The number of anilines is 1. The third-order valence-electron chi connectivity index (χ3n) is 3.98. The van der Waals surface area contributed by atoms with E-state index in [9.17, 15) is 13.2 Å². The van der Waals surface area contributed by atoms with Crippen molar-refractivity contribution in [3.05, 3.63) is 64.7 Å². The van der Waals surface area contributed by atoms with Crippen LogP contribution in [0.25, 0.3) is 0 Å². The van der Waals surface area contributed by atoms with Gasteiger partial charge in [-0.15, -0.1) is 0 Å². The first-order valence-electron chi connectivity index (χ1n) is 8.32. The Hall–Kier alpha value is -2.05. The minimum Gasteiger partial charge on any atom is -0.352 e. The molecule has 0 aliphatic rings. The summed E-state index contributed by atoms with van der Waals surface area (Å²) in [7, 11) is -3.42. The van der Waals surface area contributed by atoms with Crippen molar-refractivity contribution in [3.8, 4) is 0 Å². The summed E-state index contributed by atoms with van der Waals surface area (Å²) >= 11 is 6.06. The summed E-state index contributed by atoms with van der Waals surface area (Å²) < 4.78 is 25.6. The summed E-state index contributed by atoms with van der Waals surface area (Å²) in [5.74, 6) is -0.136. The Balaban J connectivity index is 1.91. The summed E-state index contributed by atoms with van der Waals surface area (Å²) in [5, 5.41) is 3.42. The molecule has 1 N–H and O–H groups in total. The van der Waals surface area contributed by atoms with E-state index in [0.717, 1.165) is 11.1 Å². The van der Waals surface area contributed by atoms with Crippen molar-refractivity contribution >= 4 is 33.2 Å². The Kier molecular flexibility index (Phi) is 7.06. The highest BCUT2D eigenvalue weighted by molar-refractivity contribution is 7.92. The molecule has 0 unspecified atom stereocenters. The molecule has 0 aromatic heterocycles. The predicted molar refractivity (Wildman–Crippen MR) is 106 cm³/mol. The van der Waals surface area contributed by atoms with Gasteiger partial charge in [-0.3, -0.25) is 9.10 Å². The molecule has 0 spiro atoms. The third kappa shape index (κ3) is 5.75. The van der Waals surface area contributed by atoms with Gasteiger partial charge in [-0.05, 0) is 36.6 Å². The first-order valence-corrected chi connectivity index (χ1v) is 10.5. The number of hydrogen-bond donors (Lipinski definition) is 1. The lowest BCUT2D eigenvalue weighted by Gasteiger charge is -2.24. The second-order valence-electron chi connectivity index (χ2n) is 6.09. The number of hydrogen-bond acceptors (Lipinski definition) is 3. The Morgan fingerprint density at radius 2 is 1.77 bits per heavy atom. The molecule has 0 aliphatic carbocycles. The van der Waals surface area contributed by atoms with Crippen molar-refractivity contribution in [3.63, 3.8) is 0 Å². The van der Waals surface area contributed by atoms with Crippen LogP contribution in [0.4, 0.5) is 5.69 Å². The van der Waals surface area contributed by atoms with Gasteiger partial charge in [-0.1, -0.05) is 48.0 Å². The summed E-state index contributed by atoms with van der Waals surface area (Å²) in [4.78, 5) is 12.0. The normalized spacial score (nSPS) is 11.2. The van der Waals surface area contributed by atoms with E-state index in [1.165, 1.54) is 10.6 Å². The lowest BCUT2D eigenvalue weighted by atomic mass is 10.2. The van der Waals surface area contributed by atoms with Crippen LogP contribution in [0.15, 0.2) is 48.5 Å². The van der Waals surface area contributed by atoms with E-state index < -0.39 is 10.0 Å². The monoisotopic (exact) mass is 394 g/mol. The first-order chi connectivity index (χ1) is 12.3. The number of para-hydroxylation sites is 1. The standard InChI is InChI=1S/C19H23ClN2O3S/c1-15-8-3-6-11-18(15)22(26(2,24)25)13-7-12-19(23)21-14-16-9-4-5-10-17(16)20/h3-6,8-11H,7,12-14H2,1-2H3,(H,21,23). The van der Waals surface area contributed by atoms with Crippen LogP contribution in [-0.4, -0.2) is 27.1 Å². The van der Waals surface area contributed by atoms with Gasteiger partial charge in [-0.2, -0.15) is 0 Å². The minimum atomic E-state index is -3.42. The van der Waals surface area contributed by atoms with Crippen molar-refractivity contribution in [2.75, 3.05) is 17.1 Å². The molecule has 2 aromatic rings. The fourth-order valence-electron chi connectivity index (χ4n) is 2.62. The molecule has 2 rings (SSSR count). The molecule has 1 amide bonds. The highest BCUT2D eigenvalue weighted by Gasteiger charge is 2.19. The molecule has 0 saturated heterocycles. The lowest BCUT2D eigenvalue weighted by molar-refractivity contribution is -0.121. The molecule has 0 fully saturated rings. The fourth-order valence-corrected chi connectivity index (χ4v) is 3.84. The Morgan fingerprint density at radius 1 is 1.12 bits per heavy atom. The van der Waals surface area contributed by atoms with Gasteiger partial charge in [0.1, 0.15) is 0 Å². The van der Waals surface area contributed by atoms with Crippen LogP contribution < -0.4 is 9.62 Å². The SMILES string of the molecule is Cc1ccccc1N(CCCC(=O)NCc1ccccc1Cl)S(C)(=O)=O. The maximum atomic E-state index is 12.1. The maximum absolute atomic E-state index is 12.1. The number of carbonyl (C=O) groups excluding carboxylic acids is 1. The van der Waals surface area contributed by atoms with Crippen LogP contribution in [0.5, 0.6) is 0 Å². The molecule has 0 heterocycles. The molecule has 26 heavy (non-hydrogen) atoms. The second kappa shape index (κ2) is 9.05. The molecule has 5 nitrogen and oxygen atoms in total. The van der Waals surface area contributed by atoms with Gasteiger partial charge in [0, 0.05) is 24.5 Å². The molecular formula is C19H23ClN2O3S. The number of aryl methyl sites for hydroxylation is 1. The number of halogens is 1. The van der Waals surface area contributed by atoms with E-state index in [0.29, 0.717) is 23.7 Å². The zero-order chi connectivity index (χ0) is 19.2. The summed E-state index contributed by atoms with van der Waals surface area (Å²) in [6, 6.07) is 14.6. The van der Waals surface area contributed by atoms with Crippen LogP contribution in [-0.2, 0) is 21.4 Å². The number of rotatable bonds is 8. The van der Waals surface area contributed by atoms with Gasteiger partial charge in [0.05, 0.1) is 11.9 Å². The third-order valence-corrected chi connectivity index (χ3v) is 5.53. The van der Waals surface area contributed by atoms with Gasteiger partial charge in [0.25, 0.3) is 0 Å². The molecule has 7 heteroatoms. The van der Waals surface area contributed by atoms with E-state index in [1.54, 1.807) is 18.2 Å². The number of carbonyl (C=O) groups is 1. The first kappa shape index (κ1) is 20.3. The van der Waals surface area contributed by atoms with Crippen molar-refractivity contribution < 1.29 is 13.2 Å². The summed E-state index contributed by atoms with van der Waals surface area (Å²) in [6.45, 7) is 2.47. The van der Waals surface area contributed by atoms with Crippen molar-refractivity contribution in [1.82, 2.24) is 5.32 Å². The van der Waals surface area contributed by atoms with Crippen LogP contribution in [0.3, 0.4) is 0 Å². The van der Waals surface area contributed by atoms with Gasteiger partial charge in [0.2, 0.25) is 15.9 Å². The van der Waals surface area contributed by atoms with Gasteiger partial charge in [-0.25, -0.2) is 8.42 Å². The summed E-state index contributed by atoms with van der Waals surface area (Å²) in [6.07, 6.45) is 1.84. The average Bonchev–Trinajstić information content (AvgIpc) is 2.58. The predicted octanol–water partition coefficient (Wildman–Crippen LogP) is 3.51. The number of sulfonamides is 1. The molecule has 0 atom stereocenters. The number of amides is 1. The molecule has 0 aliphatic heterocycles. The number of nitrogens with one attached hydrogen (secondary N) is 1. The largest absolute Gasteiger partial charge is 0.352 e. The molecular weight excluding hydrogens is 372 g/mol. The van der Waals surface area contributed by atoms with Crippen molar-refractivity contribution in [1.29, 1.82) is 0 Å². The van der Waals surface area contributed by atoms with Crippen molar-refractivity contribution in [2.45, 2.75) is 26.3 Å². The highest BCUT2D eigenvalue weighted by Crippen LogP contribution is 2.22. The van der Waals surface area contributed by atoms with Crippen LogP contribution in [0.1, 0.15) is 24.0 Å². The van der Waals surface area contributed by atoms with Crippen LogP contribution in [0, 0.1) is 6.92 Å². The van der Waals surface area contributed by atoms with Crippen LogP contribution in [0.2, 0.25) is 5.02 Å². The lowest BCUT2D eigenvalue weighted by Crippen LogP contribution is -2.32. The summed E-state index contributed by atoms with van der Waals surface area (Å²) in [5.41, 5.74) is 2.37. The smallest absolute Gasteiger partial charge is 0.232 e. The Bertz CT molecular complexity index is 869. The van der Waals surface area contributed by atoms with Gasteiger partial charge in [0.15, 0.2) is 0 Å². The molecule has 140 valence electrons. The fraction of sp³-hybridized carbons (Fsp3) is 0.316. The Morgan fingerprint density at radius 3 is 2.42 bits per heavy atom. The van der Waals surface area contributed by atoms with E-state index in [4.69, 9.17) is 11.6 Å². The number of benzene rings is 2. The van der Waals surface area contributed by atoms with E-state index in [-0.39, 0.29) is 18.9 Å². The van der Waals surface area contributed by atoms with E-state index in [2.05, 4.69) is 5.32 Å². The van der Waals surface area contributed by atoms with E-state index >= 15 is 0 Å². The molecule has 0 bridgehead atoms. The minimum absolute atomic E-state index is 0.136. The molecule has 0 radical (unpaired) electrons. The quantitative estimate of drug-likeness (QED) is 0.745. The van der Waals surface area contributed by atoms with Crippen LogP contribution >= 0.6 is 11.6 Å². The molecule has 2 aromatic carbocycles. The average molecular weight is 395 g/mol. The van der Waals surface area contributed by atoms with E-state index in [1.807, 2.05) is 37.3 Å². The Labute approximate surface area is 160 Å².